The zero-order valence-corrected chi connectivity index (χ0v) is 12.5. The van der Waals surface area contributed by atoms with Gasteiger partial charge in [0, 0.05) is 23.8 Å². The van der Waals surface area contributed by atoms with Crippen molar-refractivity contribution in [2.75, 3.05) is 25.1 Å². The number of pyridine rings is 1. The van der Waals surface area contributed by atoms with Gasteiger partial charge in [0.25, 0.3) is 0 Å². The summed E-state index contributed by atoms with van der Waals surface area (Å²) in [4.78, 5) is 17.7. The number of esters is 1. The van der Waals surface area contributed by atoms with E-state index in [2.05, 4.69) is 20.9 Å². The summed E-state index contributed by atoms with van der Waals surface area (Å²) in [6.45, 7) is 3.08. The molecule has 1 saturated heterocycles. The number of hydrogen-bond donors (Lipinski definition) is 0. The van der Waals surface area contributed by atoms with E-state index < -0.39 is 5.41 Å². The lowest BCUT2D eigenvalue weighted by atomic mass is 9.80. The van der Waals surface area contributed by atoms with Gasteiger partial charge in [-0.3, -0.25) is 4.79 Å². The lowest BCUT2D eigenvalue weighted by Gasteiger charge is -2.37. The third-order valence-electron chi connectivity index (χ3n) is 3.63. The summed E-state index contributed by atoms with van der Waals surface area (Å²) >= 11 is 3.18. The number of carbonyl (C=O) groups is 1. The normalized spacial score (nSPS) is 18.2. The van der Waals surface area contributed by atoms with Gasteiger partial charge in [0.15, 0.2) is 11.6 Å². The highest BCUT2D eigenvalue weighted by Crippen LogP contribution is 2.34. The predicted octanol–water partition coefficient (Wildman–Crippen LogP) is 2.76. The molecule has 0 aliphatic carbocycles. The number of rotatable bonds is 2. The van der Waals surface area contributed by atoms with Crippen LogP contribution in [0.4, 0.5) is 10.2 Å². The molecule has 0 bridgehead atoms. The van der Waals surface area contributed by atoms with E-state index in [9.17, 15) is 9.18 Å². The molecule has 0 unspecified atom stereocenters. The Kier molecular flexibility index (Phi) is 4.08. The molecule has 2 heterocycles. The smallest absolute Gasteiger partial charge is 0.311 e. The van der Waals surface area contributed by atoms with E-state index in [1.165, 1.54) is 13.2 Å². The van der Waals surface area contributed by atoms with E-state index in [1.807, 2.05) is 11.8 Å². The van der Waals surface area contributed by atoms with Crippen LogP contribution in [-0.4, -0.2) is 31.2 Å². The third kappa shape index (κ3) is 2.88. The topological polar surface area (TPSA) is 42.4 Å². The fourth-order valence-electron chi connectivity index (χ4n) is 2.30. The van der Waals surface area contributed by atoms with Crippen LogP contribution in [0.5, 0.6) is 0 Å². The minimum Gasteiger partial charge on any atom is -0.469 e. The highest BCUT2D eigenvalue weighted by atomic mass is 79.9. The summed E-state index contributed by atoms with van der Waals surface area (Å²) < 4.78 is 19.3. The molecule has 0 aromatic carbocycles. The number of methoxy groups -OCH3 is 1. The molecule has 1 aliphatic rings. The average molecular weight is 331 g/mol. The molecule has 0 atom stereocenters. The Morgan fingerprint density at radius 3 is 2.68 bits per heavy atom. The van der Waals surface area contributed by atoms with Crippen molar-refractivity contribution in [2.24, 2.45) is 5.41 Å². The van der Waals surface area contributed by atoms with Crippen LogP contribution in [0.25, 0.3) is 0 Å². The van der Waals surface area contributed by atoms with Gasteiger partial charge in [0.05, 0.1) is 12.5 Å². The summed E-state index contributed by atoms with van der Waals surface area (Å²) in [5, 5.41) is 0. The Labute approximate surface area is 120 Å². The van der Waals surface area contributed by atoms with Crippen LogP contribution in [-0.2, 0) is 9.53 Å². The van der Waals surface area contributed by atoms with Crippen LogP contribution in [0.3, 0.4) is 0 Å². The summed E-state index contributed by atoms with van der Waals surface area (Å²) in [6, 6.07) is 1.40. The van der Waals surface area contributed by atoms with Crippen molar-refractivity contribution in [3.63, 3.8) is 0 Å². The van der Waals surface area contributed by atoms with E-state index in [-0.39, 0.29) is 11.8 Å². The van der Waals surface area contributed by atoms with Gasteiger partial charge in [-0.1, -0.05) is 0 Å². The minimum atomic E-state index is -0.475. The SMILES string of the molecule is COC(=O)C1(C)CCN(c2ncc(Br)cc2F)CC1. The van der Waals surface area contributed by atoms with Gasteiger partial charge in [-0.25, -0.2) is 9.37 Å². The van der Waals surface area contributed by atoms with Crippen LogP contribution in [0.2, 0.25) is 0 Å². The Bertz CT molecular complexity index is 488. The second kappa shape index (κ2) is 5.45. The first-order valence-electron chi connectivity index (χ1n) is 6.11. The molecule has 0 radical (unpaired) electrons. The van der Waals surface area contributed by atoms with Crippen molar-refractivity contribution >= 4 is 27.7 Å². The lowest BCUT2D eigenvalue weighted by molar-refractivity contribution is -0.152. The second-order valence-corrected chi connectivity index (χ2v) is 5.91. The van der Waals surface area contributed by atoms with Gasteiger partial charge < -0.3 is 9.64 Å². The molecular weight excluding hydrogens is 315 g/mol. The Morgan fingerprint density at radius 2 is 2.16 bits per heavy atom. The molecule has 104 valence electrons. The highest BCUT2D eigenvalue weighted by Gasteiger charge is 2.38. The van der Waals surface area contributed by atoms with E-state index in [4.69, 9.17) is 4.74 Å². The van der Waals surface area contributed by atoms with Gasteiger partial charge in [0.1, 0.15) is 0 Å². The van der Waals surface area contributed by atoms with Crippen LogP contribution < -0.4 is 4.90 Å². The van der Waals surface area contributed by atoms with Crippen LogP contribution in [0.15, 0.2) is 16.7 Å². The highest BCUT2D eigenvalue weighted by molar-refractivity contribution is 9.10. The van der Waals surface area contributed by atoms with Crippen LogP contribution >= 0.6 is 15.9 Å². The largest absolute Gasteiger partial charge is 0.469 e. The first kappa shape index (κ1) is 14.2. The zero-order chi connectivity index (χ0) is 14.0. The molecule has 1 aromatic heterocycles. The first-order chi connectivity index (χ1) is 8.96. The predicted molar refractivity (Wildman–Crippen MR) is 73.5 cm³/mol. The number of aromatic nitrogens is 1. The minimum absolute atomic E-state index is 0.198. The van der Waals surface area contributed by atoms with Crippen molar-refractivity contribution in [2.45, 2.75) is 19.8 Å². The Hall–Kier alpha value is -1.17. The molecule has 0 spiro atoms. The summed E-state index contributed by atoms with van der Waals surface area (Å²) in [7, 11) is 1.40. The Balaban J connectivity index is 2.10. The van der Waals surface area contributed by atoms with Crippen LogP contribution in [0.1, 0.15) is 19.8 Å². The standard InChI is InChI=1S/C13H16BrFN2O2/c1-13(12(18)19-2)3-5-17(6-4-13)11-10(15)7-9(14)8-16-11/h7-8H,3-6H2,1-2H3. The van der Waals surface area contributed by atoms with Crippen molar-refractivity contribution in [3.8, 4) is 0 Å². The quantitative estimate of drug-likeness (QED) is 0.782. The molecule has 2 rings (SSSR count). The molecule has 1 fully saturated rings. The number of anilines is 1. The second-order valence-electron chi connectivity index (χ2n) is 5.00. The number of piperidine rings is 1. The Morgan fingerprint density at radius 1 is 1.53 bits per heavy atom. The molecule has 4 nitrogen and oxygen atoms in total. The van der Waals surface area contributed by atoms with E-state index in [1.54, 1.807) is 6.20 Å². The number of nitrogens with zero attached hydrogens (tertiary/aromatic N) is 2. The fraction of sp³-hybridized carbons (Fsp3) is 0.538. The van der Waals surface area contributed by atoms with Crippen molar-refractivity contribution < 1.29 is 13.9 Å². The first-order valence-corrected chi connectivity index (χ1v) is 6.90. The lowest BCUT2D eigenvalue weighted by Crippen LogP contribution is -2.43. The summed E-state index contributed by atoms with van der Waals surface area (Å²) in [6.07, 6.45) is 2.85. The van der Waals surface area contributed by atoms with Crippen molar-refractivity contribution in [1.82, 2.24) is 4.98 Å². The maximum absolute atomic E-state index is 13.8. The molecule has 0 N–H and O–H groups in total. The van der Waals surface area contributed by atoms with E-state index in [0.717, 1.165) is 0 Å². The molecular formula is C13H16BrFN2O2. The zero-order valence-electron chi connectivity index (χ0n) is 10.9. The summed E-state index contributed by atoms with van der Waals surface area (Å²) in [5.74, 6) is -0.206. The molecule has 0 amide bonds. The van der Waals surface area contributed by atoms with Crippen molar-refractivity contribution in [1.29, 1.82) is 0 Å². The van der Waals surface area contributed by atoms with E-state index >= 15 is 0 Å². The van der Waals surface area contributed by atoms with Gasteiger partial charge in [-0.2, -0.15) is 0 Å². The number of hydrogen-bond acceptors (Lipinski definition) is 4. The number of ether oxygens (including phenoxy) is 1. The molecule has 6 heteroatoms. The van der Waals surface area contributed by atoms with Gasteiger partial charge in [-0.15, -0.1) is 0 Å². The molecule has 19 heavy (non-hydrogen) atoms. The summed E-state index contributed by atoms with van der Waals surface area (Å²) in [5.41, 5.74) is -0.475. The molecule has 0 saturated carbocycles. The fourth-order valence-corrected chi connectivity index (χ4v) is 2.61. The average Bonchev–Trinajstić information content (AvgIpc) is 2.39. The van der Waals surface area contributed by atoms with Gasteiger partial charge in [-0.05, 0) is 41.8 Å². The van der Waals surface area contributed by atoms with Crippen LogP contribution in [0, 0.1) is 11.2 Å². The van der Waals surface area contributed by atoms with Gasteiger partial charge >= 0.3 is 5.97 Å². The van der Waals surface area contributed by atoms with Gasteiger partial charge in [0.2, 0.25) is 0 Å². The monoisotopic (exact) mass is 330 g/mol. The molecule has 1 aliphatic heterocycles. The molecule has 1 aromatic rings. The third-order valence-corrected chi connectivity index (χ3v) is 4.07. The van der Waals surface area contributed by atoms with E-state index in [0.29, 0.717) is 36.2 Å². The van der Waals surface area contributed by atoms with Crippen molar-refractivity contribution in [3.05, 3.63) is 22.6 Å². The number of carbonyl (C=O) groups excluding carboxylic acids is 1. The number of halogens is 2. The maximum atomic E-state index is 13.8. The maximum Gasteiger partial charge on any atom is 0.311 e.